The molecule has 0 aliphatic carbocycles. The van der Waals surface area contributed by atoms with Crippen LogP contribution in [-0.2, 0) is 0 Å². The first-order valence-electron chi connectivity index (χ1n) is 3.50. The molecule has 0 bridgehead atoms. The van der Waals surface area contributed by atoms with Gasteiger partial charge in [0.25, 0.3) is 4.80 Å². The van der Waals surface area contributed by atoms with Gasteiger partial charge in [0.15, 0.2) is 0 Å². The summed E-state index contributed by atoms with van der Waals surface area (Å²) < 4.78 is 6.18. The molecule has 1 aromatic heterocycles. The molecule has 66 valence electrons. The van der Waals surface area contributed by atoms with E-state index in [4.69, 9.17) is 4.42 Å². The van der Waals surface area contributed by atoms with Crippen LogP contribution in [-0.4, -0.2) is 10.2 Å². The molecule has 1 aromatic carbocycles. The fourth-order valence-corrected chi connectivity index (χ4v) is 1.58. The number of rotatable bonds is 1. The zero-order valence-electron chi connectivity index (χ0n) is 6.37. The van der Waals surface area contributed by atoms with Gasteiger partial charge in [0.1, 0.15) is 0 Å². The molecule has 0 atom stereocenters. The Hall–Kier alpha value is -0.680. The van der Waals surface area contributed by atoms with Gasteiger partial charge in [-0.1, -0.05) is 22.0 Å². The number of aromatic nitrogens is 2. The smallest absolute Gasteiger partial charge is 0.285 e. The Morgan fingerprint density at radius 3 is 2.62 bits per heavy atom. The highest BCUT2D eigenvalue weighted by Crippen LogP contribution is 2.22. The van der Waals surface area contributed by atoms with Crippen LogP contribution in [0.1, 0.15) is 0 Å². The van der Waals surface area contributed by atoms with Crippen molar-refractivity contribution >= 4 is 31.9 Å². The van der Waals surface area contributed by atoms with Crippen LogP contribution >= 0.6 is 31.9 Å². The first kappa shape index (κ1) is 8.90. The van der Waals surface area contributed by atoms with E-state index in [9.17, 15) is 0 Å². The van der Waals surface area contributed by atoms with E-state index < -0.39 is 0 Å². The van der Waals surface area contributed by atoms with Crippen LogP contribution in [0.25, 0.3) is 11.5 Å². The second-order valence-corrected chi connectivity index (χ2v) is 3.96. The zero-order valence-corrected chi connectivity index (χ0v) is 9.54. The third kappa shape index (κ3) is 1.97. The Labute approximate surface area is 91.4 Å². The van der Waals surface area contributed by atoms with Crippen molar-refractivity contribution in [2.24, 2.45) is 0 Å². The van der Waals surface area contributed by atoms with Crippen molar-refractivity contribution in [1.82, 2.24) is 10.2 Å². The van der Waals surface area contributed by atoms with Crippen molar-refractivity contribution in [2.75, 3.05) is 0 Å². The summed E-state index contributed by atoms with van der Waals surface area (Å²) in [5.41, 5.74) is 0.896. The van der Waals surface area contributed by atoms with Crippen LogP contribution in [0.4, 0.5) is 0 Å². The van der Waals surface area contributed by atoms with Crippen LogP contribution in [0, 0.1) is 0 Å². The van der Waals surface area contributed by atoms with Gasteiger partial charge in [-0.05, 0) is 18.2 Å². The lowest BCUT2D eigenvalue weighted by Gasteiger charge is -1.93. The summed E-state index contributed by atoms with van der Waals surface area (Å²) >= 11 is 6.46. The number of hydrogen-bond acceptors (Lipinski definition) is 3. The molecular formula is C8H4Br2N2O. The van der Waals surface area contributed by atoms with Crippen LogP contribution in [0.5, 0.6) is 0 Å². The van der Waals surface area contributed by atoms with Gasteiger partial charge in [-0.25, -0.2) is 0 Å². The highest BCUT2D eigenvalue weighted by molar-refractivity contribution is 9.10. The molecule has 2 rings (SSSR count). The van der Waals surface area contributed by atoms with E-state index in [0.29, 0.717) is 10.7 Å². The lowest BCUT2D eigenvalue weighted by molar-refractivity contribution is 0.540. The molecule has 5 heteroatoms. The fourth-order valence-electron chi connectivity index (χ4n) is 0.943. The molecule has 1 heterocycles. The van der Waals surface area contributed by atoms with Crippen molar-refractivity contribution in [3.63, 3.8) is 0 Å². The third-order valence-electron chi connectivity index (χ3n) is 1.47. The maximum absolute atomic E-state index is 5.20. The Kier molecular flexibility index (Phi) is 2.46. The van der Waals surface area contributed by atoms with E-state index >= 15 is 0 Å². The maximum atomic E-state index is 5.20. The van der Waals surface area contributed by atoms with E-state index in [1.54, 1.807) is 0 Å². The highest BCUT2D eigenvalue weighted by Gasteiger charge is 2.05. The van der Waals surface area contributed by atoms with Gasteiger partial charge in [0, 0.05) is 26.0 Å². The van der Waals surface area contributed by atoms with Gasteiger partial charge in [0.05, 0.1) is 0 Å². The molecule has 0 spiro atoms. The second-order valence-electron chi connectivity index (χ2n) is 2.37. The standard InChI is InChI=1S/C8H4Br2N2O/c9-6-3-1-2-5(4-6)7-11-12-8(10)13-7/h1-4H. The molecular weight excluding hydrogens is 300 g/mol. The average molecular weight is 304 g/mol. The minimum Gasteiger partial charge on any atom is -0.411 e. The predicted molar refractivity (Wildman–Crippen MR) is 55.1 cm³/mol. The van der Waals surface area contributed by atoms with Crippen LogP contribution in [0.15, 0.2) is 38.0 Å². The Morgan fingerprint density at radius 1 is 1.15 bits per heavy atom. The summed E-state index contributed by atoms with van der Waals surface area (Å²) in [6.07, 6.45) is 0. The Bertz CT molecular complexity index is 428. The topological polar surface area (TPSA) is 38.9 Å². The van der Waals surface area contributed by atoms with E-state index in [1.807, 2.05) is 24.3 Å². The number of halogens is 2. The van der Waals surface area contributed by atoms with Crippen LogP contribution < -0.4 is 0 Å². The number of benzene rings is 1. The SMILES string of the molecule is Brc1cccc(-c2nnc(Br)o2)c1. The van der Waals surface area contributed by atoms with Crippen molar-refractivity contribution in [3.8, 4) is 11.5 Å². The van der Waals surface area contributed by atoms with Gasteiger partial charge in [-0.3, -0.25) is 0 Å². The van der Waals surface area contributed by atoms with Gasteiger partial charge in [-0.2, -0.15) is 0 Å². The monoisotopic (exact) mass is 302 g/mol. The molecule has 0 N–H and O–H groups in total. The second kappa shape index (κ2) is 3.59. The normalized spacial score (nSPS) is 10.3. The molecule has 0 amide bonds. The Morgan fingerprint density at radius 2 is 2.00 bits per heavy atom. The van der Waals surface area contributed by atoms with Crippen molar-refractivity contribution < 1.29 is 4.42 Å². The van der Waals surface area contributed by atoms with E-state index in [-0.39, 0.29) is 0 Å². The molecule has 2 aromatic rings. The molecule has 0 saturated heterocycles. The summed E-state index contributed by atoms with van der Waals surface area (Å²) in [7, 11) is 0. The molecule has 0 fully saturated rings. The van der Waals surface area contributed by atoms with Crippen molar-refractivity contribution in [3.05, 3.63) is 33.5 Å². The number of hydrogen-bond donors (Lipinski definition) is 0. The minimum atomic E-state index is 0.391. The fraction of sp³-hybridized carbons (Fsp3) is 0. The van der Waals surface area contributed by atoms with Gasteiger partial charge in [-0.15, -0.1) is 10.2 Å². The van der Waals surface area contributed by atoms with Crippen molar-refractivity contribution in [1.29, 1.82) is 0 Å². The summed E-state index contributed by atoms with van der Waals surface area (Å²) in [4.78, 5) is 0.391. The highest BCUT2D eigenvalue weighted by atomic mass is 79.9. The van der Waals surface area contributed by atoms with Gasteiger partial charge >= 0.3 is 0 Å². The molecule has 0 unspecified atom stereocenters. The number of nitrogens with zero attached hydrogens (tertiary/aromatic N) is 2. The van der Waals surface area contributed by atoms with Crippen molar-refractivity contribution in [2.45, 2.75) is 0 Å². The first-order chi connectivity index (χ1) is 6.25. The summed E-state index contributed by atoms with van der Waals surface area (Å²) in [5, 5.41) is 7.55. The molecule has 3 nitrogen and oxygen atoms in total. The van der Waals surface area contributed by atoms with Crippen LogP contribution in [0.3, 0.4) is 0 Å². The lowest BCUT2D eigenvalue weighted by Crippen LogP contribution is -1.76. The third-order valence-corrected chi connectivity index (χ3v) is 2.29. The predicted octanol–water partition coefficient (Wildman–Crippen LogP) is 3.26. The van der Waals surface area contributed by atoms with E-state index in [0.717, 1.165) is 10.0 Å². The zero-order chi connectivity index (χ0) is 9.26. The minimum absolute atomic E-state index is 0.391. The van der Waals surface area contributed by atoms with Crippen LogP contribution in [0.2, 0.25) is 0 Å². The molecule has 0 aliphatic heterocycles. The summed E-state index contributed by atoms with van der Waals surface area (Å²) in [5.74, 6) is 0.508. The Balaban J connectivity index is 2.46. The molecule has 0 aliphatic rings. The van der Waals surface area contributed by atoms with E-state index in [1.165, 1.54) is 0 Å². The summed E-state index contributed by atoms with van der Waals surface area (Å²) in [6, 6.07) is 7.68. The quantitative estimate of drug-likeness (QED) is 0.811. The summed E-state index contributed by atoms with van der Waals surface area (Å²) in [6.45, 7) is 0. The maximum Gasteiger partial charge on any atom is 0.285 e. The largest absolute Gasteiger partial charge is 0.411 e. The molecule has 13 heavy (non-hydrogen) atoms. The molecule has 0 saturated carbocycles. The first-order valence-corrected chi connectivity index (χ1v) is 5.09. The molecule has 0 radical (unpaired) electrons. The average Bonchev–Trinajstić information content (AvgIpc) is 2.52. The van der Waals surface area contributed by atoms with Gasteiger partial charge < -0.3 is 4.42 Å². The lowest BCUT2D eigenvalue weighted by atomic mass is 10.2. The van der Waals surface area contributed by atoms with Gasteiger partial charge in [0.2, 0.25) is 5.89 Å². The van der Waals surface area contributed by atoms with E-state index in [2.05, 4.69) is 42.1 Å².